The predicted molar refractivity (Wildman–Crippen MR) is 83.8 cm³/mol. The van der Waals surface area contributed by atoms with E-state index in [1.165, 1.54) is 6.92 Å². The van der Waals surface area contributed by atoms with Crippen LogP contribution in [0.4, 0.5) is 0 Å². The Balaban J connectivity index is 2.53. The molecule has 0 radical (unpaired) electrons. The van der Waals surface area contributed by atoms with Crippen molar-refractivity contribution in [2.45, 2.75) is 52.7 Å². The van der Waals surface area contributed by atoms with E-state index < -0.39 is 29.1 Å². The Morgan fingerprint density at radius 1 is 1.27 bits per heavy atom. The first kappa shape index (κ1) is 21.8. The first-order chi connectivity index (χ1) is 12.2. The third kappa shape index (κ3) is 8.25. The van der Waals surface area contributed by atoms with Gasteiger partial charge in [-0.2, -0.15) is 0 Å². The van der Waals surface area contributed by atoms with Crippen LogP contribution in [0.15, 0.2) is 13.6 Å². The molecule has 1 atom stereocenters. The Morgan fingerprint density at radius 2 is 1.96 bits per heavy atom. The van der Waals surface area contributed by atoms with Crippen molar-refractivity contribution in [1.82, 2.24) is 10.7 Å². The largest absolute Gasteiger partial charge is 0.519 e. The molecule has 11 nitrogen and oxygen atoms in total. The maximum Gasteiger partial charge on any atom is 0.519 e. The van der Waals surface area contributed by atoms with Gasteiger partial charge in [-0.05, 0) is 25.7 Å². The van der Waals surface area contributed by atoms with E-state index in [-0.39, 0.29) is 43.5 Å². The number of hydrogen-bond donors (Lipinski definition) is 3. The number of esters is 1. The Morgan fingerprint density at radius 3 is 2.50 bits per heavy atom. The van der Waals surface area contributed by atoms with E-state index in [0.717, 1.165) is 0 Å². The van der Waals surface area contributed by atoms with Crippen LogP contribution in [0.25, 0.3) is 0 Å². The standard InChI is InChI=1S/C15H24N2O9/c1-9(2)7-11(16-13(18)5-4-6-24-17(21)22)14(19)23-8-12-10(3)25-15(20)26-12/h9,11,21-22H,4-8H2,1-3H3,(H,16,18). The van der Waals surface area contributed by atoms with Crippen LogP contribution in [0.2, 0.25) is 0 Å². The summed E-state index contributed by atoms with van der Waals surface area (Å²) in [5.74, 6) is -1.52. The number of hydrogen-bond acceptors (Lipinski definition) is 10. The molecule has 0 aromatic carbocycles. The molecule has 0 aliphatic carbocycles. The molecule has 1 aromatic rings. The monoisotopic (exact) mass is 376 g/mol. The van der Waals surface area contributed by atoms with Crippen LogP contribution in [-0.2, 0) is 25.8 Å². The lowest BCUT2D eigenvalue weighted by molar-refractivity contribution is -0.492. The number of rotatable bonds is 11. The molecule has 0 aliphatic rings. The average Bonchev–Trinajstić information content (AvgIpc) is 2.85. The van der Waals surface area contributed by atoms with Gasteiger partial charge >= 0.3 is 11.8 Å². The highest BCUT2D eigenvalue weighted by Crippen LogP contribution is 2.11. The van der Waals surface area contributed by atoms with E-state index in [1.807, 2.05) is 13.8 Å². The molecule has 26 heavy (non-hydrogen) atoms. The molecule has 1 rings (SSSR count). The second kappa shape index (κ2) is 10.7. The van der Waals surface area contributed by atoms with Crippen LogP contribution in [0.5, 0.6) is 0 Å². The van der Waals surface area contributed by atoms with Crippen LogP contribution >= 0.6 is 0 Å². The molecule has 0 fully saturated rings. The quantitative estimate of drug-likeness (QED) is 0.288. The van der Waals surface area contributed by atoms with Crippen LogP contribution in [-0.4, -0.2) is 40.3 Å². The third-order valence-electron chi connectivity index (χ3n) is 3.26. The van der Waals surface area contributed by atoms with Gasteiger partial charge in [0.15, 0.2) is 18.1 Å². The van der Waals surface area contributed by atoms with E-state index >= 15 is 0 Å². The van der Waals surface area contributed by atoms with Crippen molar-refractivity contribution in [3.05, 3.63) is 22.1 Å². The highest BCUT2D eigenvalue weighted by atomic mass is 17.1. The Bertz CT molecular complexity index is 635. The van der Waals surface area contributed by atoms with Gasteiger partial charge in [-0.3, -0.25) is 20.0 Å². The van der Waals surface area contributed by atoms with Gasteiger partial charge in [-0.15, -0.1) is 0 Å². The fourth-order valence-corrected chi connectivity index (χ4v) is 2.07. The molecule has 0 aliphatic heterocycles. The number of nitrogens with one attached hydrogen (secondary N) is 1. The number of ether oxygens (including phenoxy) is 1. The van der Waals surface area contributed by atoms with Crippen LogP contribution in [0.1, 0.15) is 44.6 Å². The molecule has 3 N–H and O–H groups in total. The normalized spacial score (nSPS) is 12.4. The lowest BCUT2D eigenvalue weighted by atomic mass is 10.0. The second-order valence-corrected chi connectivity index (χ2v) is 5.98. The van der Waals surface area contributed by atoms with Crippen molar-refractivity contribution in [3.63, 3.8) is 0 Å². The number of nitrogens with zero attached hydrogens (tertiary/aromatic N) is 1. The summed E-state index contributed by atoms with van der Waals surface area (Å²) in [4.78, 5) is 39.5. The lowest BCUT2D eigenvalue weighted by Crippen LogP contribution is -2.42. The topological polar surface area (TPSA) is 152 Å². The summed E-state index contributed by atoms with van der Waals surface area (Å²) in [7, 11) is 0. The van der Waals surface area contributed by atoms with Crippen molar-refractivity contribution in [2.24, 2.45) is 5.92 Å². The van der Waals surface area contributed by atoms with Crippen molar-refractivity contribution >= 4 is 11.9 Å². The van der Waals surface area contributed by atoms with Crippen LogP contribution < -0.4 is 11.1 Å². The summed E-state index contributed by atoms with van der Waals surface area (Å²) in [6.45, 7) is 4.91. The van der Waals surface area contributed by atoms with Gasteiger partial charge in [-0.25, -0.2) is 9.59 Å². The lowest BCUT2D eigenvalue weighted by Gasteiger charge is -2.19. The second-order valence-electron chi connectivity index (χ2n) is 5.98. The number of carbonyl (C=O) groups excluding carboxylic acids is 2. The summed E-state index contributed by atoms with van der Waals surface area (Å²) in [5.41, 5.74) is 0. The van der Waals surface area contributed by atoms with Gasteiger partial charge in [0.25, 0.3) is 0 Å². The zero-order valence-corrected chi connectivity index (χ0v) is 14.9. The van der Waals surface area contributed by atoms with Gasteiger partial charge < -0.3 is 18.9 Å². The molecular formula is C15H24N2O9. The fraction of sp³-hybridized carbons (Fsp3) is 0.667. The molecule has 1 unspecified atom stereocenters. The molecule has 1 amide bonds. The summed E-state index contributed by atoms with van der Waals surface area (Å²) in [6.07, 6.45) is 0.591. The molecule has 0 saturated carbocycles. The first-order valence-electron chi connectivity index (χ1n) is 8.05. The molecule has 0 spiro atoms. The van der Waals surface area contributed by atoms with Gasteiger partial charge in [0.2, 0.25) is 5.91 Å². The number of carbonyl (C=O) groups is 2. The molecule has 148 valence electrons. The van der Waals surface area contributed by atoms with E-state index in [2.05, 4.69) is 14.6 Å². The minimum Gasteiger partial charge on any atom is -0.456 e. The van der Waals surface area contributed by atoms with E-state index in [9.17, 15) is 14.4 Å². The van der Waals surface area contributed by atoms with Crippen LogP contribution in [0, 0.1) is 12.8 Å². The Labute approximate surface area is 149 Å². The van der Waals surface area contributed by atoms with Gasteiger partial charge in [0, 0.05) is 6.42 Å². The maximum atomic E-state index is 12.2. The zero-order chi connectivity index (χ0) is 19.7. The van der Waals surface area contributed by atoms with Gasteiger partial charge in [0.1, 0.15) is 6.04 Å². The molecule has 0 bridgehead atoms. The van der Waals surface area contributed by atoms with E-state index in [4.69, 9.17) is 19.6 Å². The van der Waals surface area contributed by atoms with Crippen molar-refractivity contribution in [2.75, 3.05) is 6.61 Å². The molecule has 0 saturated heterocycles. The average molecular weight is 376 g/mol. The van der Waals surface area contributed by atoms with Crippen LogP contribution in [0.3, 0.4) is 0 Å². The SMILES string of the molecule is Cc1oc(=O)oc1COC(=O)C(CC(C)C)NC(=O)CCCON(O)O. The molecular weight excluding hydrogens is 352 g/mol. The fourth-order valence-electron chi connectivity index (χ4n) is 2.07. The maximum absolute atomic E-state index is 12.2. The molecule has 1 aromatic heterocycles. The van der Waals surface area contributed by atoms with E-state index in [0.29, 0.717) is 6.42 Å². The van der Waals surface area contributed by atoms with Crippen molar-refractivity contribution in [1.29, 1.82) is 0 Å². The summed E-state index contributed by atoms with van der Waals surface area (Å²) >= 11 is 0. The zero-order valence-electron chi connectivity index (χ0n) is 14.9. The predicted octanol–water partition coefficient (Wildman–Crippen LogP) is 0.908. The minimum absolute atomic E-state index is 0.0193. The minimum atomic E-state index is -0.882. The molecule has 1 heterocycles. The van der Waals surface area contributed by atoms with Crippen molar-refractivity contribution in [3.8, 4) is 0 Å². The molecule has 11 heteroatoms. The highest BCUT2D eigenvalue weighted by Gasteiger charge is 2.24. The Hall–Kier alpha value is -2.21. The summed E-state index contributed by atoms with van der Waals surface area (Å²) < 4.78 is 14.5. The van der Waals surface area contributed by atoms with Crippen molar-refractivity contribution < 1.29 is 38.4 Å². The highest BCUT2D eigenvalue weighted by molar-refractivity contribution is 5.84. The first-order valence-corrected chi connectivity index (χ1v) is 8.05. The number of aryl methyl sites for hydroxylation is 1. The van der Waals surface area contributed by atoms with Gasteiger partial charge in [0.05, 0.1) is 12.0 Å². The summed E-state index contributed by atoms with van der Waals surface area (Å²) in [6, 6.07) is -0.866. The number of amides is 1. The van der Waals surface area contributed by atoms with E-state index in [1.54, 1.807) is 0 Å². The Kier molecular flexibility index (Phi) is 8.99. The smallest absolute Gasteiger partial charge is 0.456 e. The third-order valence-corrected chi connectivity index (χ3v) is 3.26. The van der Waals surface area contributed by atoms with Gasteiger partial charge in [-0.1, -0.05) is 13.8 Å². The summed E-state index contributed by atoms with van der Waals surface area (Å²) in [5, 5.41) is 18.9.